The van der Waals surface area contributed by atoms with E-state index in [1.807, 2.05) is 0 Å². The van der Waals surface area contributed by atoms with Gasteiger partial charge in [-0.15, -0.1) is 0 Å². The average Bonchev–Trinajstić information content (AvgIpc) is 2.57. The Morgan fingerprint density at radius 3 is 2.18 bits per heavy atom. The van der Waals surface area contributed by atoms with Crippen LogP contribution in [-0.4, -0.2) is 67.0 Å². The van der Waals surface area contributed by atoms with E-state index in [0.717, 1.165) is 12.4 Å². The maximum Gasteiger partial charge on any atom is 0.125 e. The minimum atomic E-state index is -1.78. The largest absolute Gasteiger partial charge is 0.845 e. The quantitative estimate of drug-likeness (QED) is 0.273. The lowest BCUT2D eigenvalue weighted by atomic mass is 10.1. The van der Waals surface area contributed by atoms with Gasteiger partial charge in [0, 0.05) is 24.9 Å². The molecule has 0 bridgehead atoms. The van der Waals surface area contributed by atoms with Crippen molar-refractivity contribution in [2.75, 3.05) is 13.2 Å². The van der Waals surface area contributed by atoms with E-state index < -0.39 is 37.1 Å². The number of rotatable bonds is 9. The molecule has 1 rings (SSSR count). The molecule has 0 aromatic carbocycles. The van der Waals surface area contributed by atoms with Gasteiger partial charge in [0.05, 0.1) is 24.6 Å². The molecule has 1 aromatic rings. The molecular formula is C12H18IN2O7-. The predicted octanol–water partition coefficient (Wildman–Crippen LogP) is -2.26. The number of aliphatic hydroxyl groups excluding tert-OH is 5. The summed E-state index contributed by atoms with van der Waals surface area (Å²) in [5.41, 5.74) is 0.00770. The summed E-state index contributed by atoms with van der Waals surface area (Å²) in [5.74, 6) is 0. The molecule has 1 aromatic heterocycles. The predicted molar refractivity (Wildman–Crippen MR) is 79.4 cm³/mol. The molecule has 22 heavy (non-hydrogen) atoms. The Bertz CT molecular complexity index is 409. The summed E-state index contributed by atoms with van der Waals surface area (Å²) in [6.45, 7) is -0.927. The molecule has 0 saturated heterocycles. The number of aliphatic hydroxyl groups is 5. The minimum absolute atomic E-state index is 0.134. The van der Waals surface area contributed by atoms with Crippen LogP contribution in [0.15, 0.2) is 12.4 Å². The molecule has 0 saturated carbocycles. The van der Waals surface area contributed by atoms with E-state index in [0.29, 0.717) is 0 Å². The van der Waals surface area contributed by atoms with Crippen LogP contribution in [0.4, 0.5) is 0 Å². The number of hydrogen-bond acceptors (Lipinski definition) is 9. The highest BCUT2D eigenvalue weighted by atomic mass is 127. The highest BCUT2D eigenvalue weighted by molar-refractivity contribution is 14.1. The van der Waals surface area contributed by atoms with E-state index in [9.17, 15) is 20.4 Å². The van der Waals surface area contributed by atoms with Gasteiger partial charge in [0.25, 0.3) is 0 Å². The van der Waals surface area contributed by atoms with Crippen LogP contribution in [0.1, 0.15) is 30.0 Å². The summed E-state index contributed by atoms with van der Waals surface area (Å²) < 4.78 is 5.00. The SMILES string of the molecule is [O-][C@H](c1cnc([C@@H](O)C(CCO)OI)cn1)[C@H](O)[C@H](O)CO. The number of aromatic nitrogens is 2. The highest BCUT2D eigenvalue weighted by Crippen LogP contribution is 2.22. The van der Waals surface area contributed by atoms with Crippen molar-refractivity contribution in [1.29, 1.82) is 0 Å². The smallest absolute Gasteiger partial charge is 0.125 e. The van der Waals surface area contributed by atoms with Crippen LogP contribution < -0.4 is 5.11 Å². The van der Waals surface area contributed by atoms with Gasteiger partial charge in [0.1, 0.15) is 41.3 Å². The van der Waals surface area contributed by atoms with Gasteiger partial charge in [-0.2, -0.15) is 0 Å². The fourth-order valence-electron chi connectivity index (χ4n) is 1.70. The first-order valence-corrected chi connectivity index (χ1v) is 7.35. The third kappa shape index (κ3) is 5.03. The second-order valence-electron chi connectivity index (χ2n) is 4.61. The summed E-state index contributed by atoms with van der Waals surface area (Å²) >= 11 is 1.60. The lowest BCUT2D eigenvalue weighted by Crippen LogP contribution is -2.41. The third-order valence-corrected chi connectivity index (χ3v) is 3.71. The molecule has 5 atom stereocenters. The molecular weight excluding hydrogens is 411 g/mol. The molecule has 0 aliphatic heterocycles. The Morgan fingerprint density at radius 2 is 1.73 bits per heavy atom. The number of halogens is 1. The van der Waals surface area contributed by atoms with Crippen LogP contribution in [0.2, 0.25) is 0 Å². The van der Waals surface area contributed by atoms with Crippen molar-refractivity contribution in [3.05, 3.63) is 23.8 Å². The summed E-state index contributed by atoms with van der Waals surface area (Å²) in [7, 11) is 0. The lowest BCUT2D eigenvalue weighted by molar-refractivity contribution is -0.450. The van der Waals surface area contributed by atoms with Crippen molar-refractivity contribution in [3.63, 3.8) is 0 Å². The molecule has 0 radical (unpaired) electrons. The van der Waals surface area contributed by atoms with Gasteiger partial charge in [-0.1, -0.05) is 6.10 Å². The summed E-state index contributed by atoms with van der Waals surface area (Å²) in [5, 5.41) is 58.2. The second-order valence-corrected chi connectivity index (χ2v) is 5.12. The van der Waals surface area contributed by atoms with E-state index in [-0.39, 0.29) is 24.4 Å². The normalized spacial score (nSPS) is 18.5. The van der Waals surface area contributed by atoms with Gasteiger partial charge < -0.3 is 33.7 Å². The molecule has 5 N–H and O–H groups in total. The first-order chi connectivity index (χ1) is 10.5. The van der Waals surface area contributed by atoms with Crippen molar-refractivity contribution in [2.24, 2.45) is 0 Å². The number of hydrogen-bond donors (Lipinski definition) is 5. The van der Waals surface area contributed by atoms with Crippen LogP contribution in [0.3, 0.4) is 0 Å². The van der Waals surface area contributed by atoms with Gasteiger partial charge in [-0.25, -0.2) is 0 Å². The van der Waals surface area contributed by atoms with Crippen molar-refractivity contribution >= 4 is 23.0 Å². The second kappa shape index (κ2) is 9.62. The van der Waals surface area contributed by atoms with Crippen LogP contribution in [0.5, 0.6) is 0 Å². The maximum atomic E-state index is 11.9. The fourth-order valence-corrected chi connectivity index (χ4v) is 2.23. The molecule has 0 aliphatic rings. The van der Waals surface area contributed by atoms with Gasteiger partial charge >= 0.3 is 0 Å². The summed E-state index contributed by atoms with van der Waals surface area (Å²) in [6, 6.07) is 0. The average molecular weight is 429 g/mol. The Morgan fingerprint density at radius 1 is 1.14 bits per heavy atom. The van der Waals surface area contributed by atoms with E-state index in [1.165, 1.54) is 0 Å². The third-order valence-electron chi connectivity index (χ3n) is 3.06. The molecule has 0 fully saturated rings. The zero-order valence-corrected chi connectivity index (χ0v) is 13.6. The fraction of sp³-hybridized carbons (Fsp3) is 0.667. The van der Waals surface area contributed by atoms with Crippen molar-refractivity contribution in [2.45, 2.75) is 36.9 Å². The van der Waals surface area contributed by atoms with Gasteiger partial charge in [-0.05, 0) is 0 Å². The van der Waals surface area contributed by atoms with Crippen LogP contribution >= 0.6 is 23.0 Å². The Labute approximate surface area is 140 Å². The standard InChI is InChI=1S/C12H18IN2O7/c13-22-9(1-2-16)10(19)6-3-15-7(4-14-6)11(20)12(21)8(18)5-17/h3-4,8-12,16-19,21H,1-2,5H2/q-1/t8-,9?,10-,11-,12-/m1/s1. The van der Waals surface area contributed by atoms with Crippen molar-refractivity contribution in [3.8, 4) is 0 Å². The van der Waals surface area contributed by atoms with Gasteiger partial charge in [-0.3, -0.25) is 9.97 Å². The number of nitrogens with zero attached hydrogens (tertiary/aromatic N) is 2. The molecule has 0 aliphatic carbocycles. The van der Waals surface area contributed by atoms with Crippen molar-refractivity contribution < 1.29 is 33.7 Å². The Hall–Kier alpha value is -0.470. The van der Waals surface area contributed by atoms with E-state index in [4.69, 9.17) is 13.3 Å². The topological polar surface area (TPSA) is 159 Å². The minimum Gasteiger partial charge on any atom is -0.845 e. The summed E-state index contributed by atoms with van der Waals surface area (Å²) in [6.07, 6.45) is -4.48. The zero-order valence-electron chi connectivity index (χ0n) is 11.5. The molecule has 126 valence electrons. The highest BCUT2D eigenvalue weighted by Gasteiger charge is 2.24. The van der Waals surface area contributed by atoms with Crippen LogP contribution in [0.25, 0.3) is 0 Å². The first-order valence-electron chi connectivity index (χ1n) is 6.47. The van der Waals surface area contributed by atoms with Crippen LogP contribution in [-0.2, 0) is 3.07 Å². The molecule has 1 unspecified atom stereocenters. The monoisotopic (exact) mass is 429 g/mol. The molecule has 10 heteroatoms. The molecule has 0 spiro atoms. The zero-order chi connectivity index (χ0) is 16.7. The lowest BCUT2D eigenvalue weighted by Gasteiger charge is -2.30. The Balaban J connectivity index is 2.81. The molecule has 9 nitrogen and oxygen atoms in total. The Kier molecular flexibility index (Phi) is 8.56. The molecule has 1 heterocycles. The van der Waals surface area contributed by atoms with Gasteiger partial charge in [0.15, 0.2) is 0 Å². The van der Waals surface area contributed by atoms with Crippen LogP contribution in [0, 0.1) is 0 Å². The summed E-state index contributed by atoms with van der Waals surface area (Å²) in [4.78, 5) is 7.69. The van der Waals surface area contributed by atoms with E-state index in [1.54, 1.807) is 23.0 Å². The van der Waals surface area contributed by atoms with Gasteiger partial charge in [0.2, 0.25) is 0 Å². The maximum absolute atomic E-state index is 11.9. The van der Waals surface area contributed by atoms with Crippen molar-refractivity contribution in [1.82, 2.24) is 9.97 Å². The molecule has 0 amide bonds. The first kappa shape index (κ1) is 19.6. The van der Waals surface area contributed by atoms with E-state index >= 15 is 0 Å². The van der Waals surface area contributed by atoms with E-state index in [2.05, 4.69) is 9.97 Å².